The molecule has 0 amide bonds. The van der Waals surface area contributed by atoms with Crippen LogP contribution in [0.1, 0.15) is 54.7 Å². The molecule has 2 aromatic rings. The van der Waals surface area contributed by atoms with Crippen LogP contribution in [-0.4, -0.2) is 18.5 Å². The summed E-state index contributed by atoms with van der Waals surface area (Å²) in [7, 11) is 2.10. The van der Waals surface area contributed by atoms with Gasteiger partial charge >= 0.3 is 0 Å². The van der Waals surface area contributed by atoms with E-state index < -0.39 is 0 Å². The maximum absolute atomic E-state index is 6.53. The summed E-state index contributed by atoms with van der Waals surface area (Å²) in [6.45, 7) is 1.66. The Balaban J connectivity index is 1.58. The Morgan fingerprint density at radius 1 is 1.04 bits per heavy atom. The number of nitrogens with zero attached hydrogens (tertiary/aromatic N) is 1. The van der Waals surface area contributed by atoms with E-state index in [2.05, 4.69) is 60.2 Å². The van der Waals surface area contributed by atoms with Crippen molar-refractivity contribution in [1.29, 1.82) is 0 Å². The quantitative estimate of drug-likeness (QED) is 0.622. The Kier molecular flexibility index (Phi) is 6.56. The first-order valence-electron chi connectivity index (χ1n) is 9.23. The van der Waals surface area contributed by atoms with Crippen LogP contribution in [0.5, 0.6) is 0 Å². The van der Waals surface area contributed by atoms with Crippen LogP contribution in [0.3, 0.4) is 0 Å². The SMILES string of the molecule is CN(CC#Cc1ccc(C2CCCCC2)c(Cl)c1)Cc1ccccc1. The summed E-state index contributed by atoms with van der Waals surface area (Å²) >= 11 is 6.53. The van der Waals surface area contributed by atoms with Crippen LogP contribution in [0.25, 0.3) is 0 Å². The van der Waals surface area contributed by atoms with Gasteiger partial charge in [-0.05, 0) is 49.1 Å². The Morgan fingerprint density at radius 3 is 2.52 bits per heavy atom. The molecule has 0 radical (unpaired) electrons. The van der Waals surface area contributed by atoms with E-state index in [0.717, 1.165) is 23.7 Å². The van der Waals surface area contributed by atoms with E-state index in [1.165, 1.54) is 43.2 Å². The minimum atomic E-state index is 0.639. The van der Waals surface area contributed by atoms with Crippen molar-refractivity contribution in [2.75, 3.05) is 13.6 Å². The molecule has 0 atom stereocenters. The Morgan fingerprint density at radius 2 is 1.80 bits per heavy atom. The fourth-order valence-corrected chi connectivity index (χ4v) is 3.91. The van der Waals surface area contributed by atoms with Gasteiger partial charge in [-0.15, -0.1) is 0 Å². The summed E-state index contributed by atoms with van der Waals surface area (Å²) in [4.78, 5) is 2.22. The molecular weight excluding hydrogens is 326 g/mol. The van der Waals surface area contributed by atoms with Crippen LogP contribution < -0.4 is 0 Å². The molecule has 1 nitrogen and oxygen atoms in total. The lowest BCUT2D eigenvalue weighted by atomic mass is 9.84. The van der Waals surface area contributed by atoms with Gasteiger partial charge in [0.05, 0.1) is 6.54 Å². The molecule has 0 N–H and O–H groups in total. The highest BCUT2D eigenvalue weighted by Crippen LogP contribution is 2.36. The molecule has 0 unspecified atom stereocenters. The van der Waals surface area contributed by atoms with Crippen LogP contribution in [0.4, 0.5) is 0 Å². The first-order chi connectivity index (χ1) is 12.2. The minimum Gasteiger partial charge on any atom is -0.291 e. The second-order valence-corrected chi connectivity index (χ2v) is 7.44. The van der Waals surface area contributed by atoms with Crippen molar-refractivity contribution >= 4 is 11.6 Å². The third-order valence-corrected chi connectivity index (χ3v) is 5.25. The highest BCUT2D eigenvalue weighted by Gasteiger charge is 2.17. The summed E-state index contributed by atoms with van der Waals surface area (Å²) in [5.74, 6) is 7.16. The minimum absolute atomic E-state index is 0.639. The summed E-state index contributed by atoms with van der Waals surface area (Å²) in [6.07, 6.45) is 6.57. The number of rotatable bonds is 4. The highest BCUT2D eigenvalue weighted by molar-refractivity contribution is 6.31. The van der Waals surface area contributed by atoms with Crippen LogP contribution in [0.15, 0.2) is 48.5 Å². The van der Waals surface area contributed by atoms with Gasteiger partial charge in [-0.3, -0.25) is 4.90 Å². The van der Waals surface area contributed by atoms with Gasteiger partial charge in [-0.1, -0.05) is 79.1 Å². The topological polar surface area (TPSA) is 3.24 Å². The van der Waals surface area contributed by atoms with Crippen molar-refractivity contribution in [2.24, 2.45) is 0 Å². The van der Waals surface area contributed by atoms with Crippen LogP contribution in [-0.2, 0) is 6.54 Å². The molecule has 0 bridgehead atoms. The average molecular weight is 352 g/mol. The third-order valence-electron chi connectivity index (χ3n) is 4.92. The molecule has 2 aromatic carbocycles. The molecule has 130 valence electrons. The van der Waals surface area contributed by atoms with Gasteiger partial charge in [0.2, 0.25) is 0 Å². The van der Waals surface area contributed by atoms with E-state index in [-0.39, 0.29) is 0 Å². The Hall–Kier alpha value is -1.75. The van der Waals surface area contributed by atoms with Crippen molar-refractivity contribution < 1.29 is 0 Å². The normalized spacial score (nSPS) is 15.0. The van der Waals surface area contributed by atoms with Crippen LogP contribution >= 0.6 is 11.6 Å². The zero-order valence-electron chi connectivity index (χ0n) is 15.0. The zero-order chi connectivity index (χ0) is 17.5. The van der Waals surface area contributed by atoms with Gasteiger partial charge in [0.15, 0.2) is 0 Å². The molecule has 2 heteroatoms. The summed E-state index contributed by atoms with van der Waals surface area (Å²) in [6, 6.07) is 16.8. The summed E-state index contributed by atoms with van der Waals surface area (Å²) < 4.78 is 0. The molecule has 25 heavy (non-hydrogen) atoms. The first kappa shape index (κ1) is 18.1. The zero-order valence-corrected chi connectivity index (χ0v) is 15.7. The fraction of sp³-hybridized carbons (Fsp3) is 0.391. The summed E-state index contributed by atoms with van der Waals surface area (Å²) in [5.41, 5.74) is 3.64. The number of hydrogen-bond donors (Lipinski definition) is 0. The molecule has 1 saturated carbocycles. The van der Waals surface area contributed by atoms with Gasteiger partial charge in [-0.2, -0.15) is 0 Å². The molecule has 0 heterocycles. The lowest BCUT2D eigenvalue weighted by Gasteiger charge is -2.22. The highest BCUT2D eigenvalue weighted by atomic mass is 35.5. The number of hydrogen-bond acceptors (Lipinski definition) is 1. The molecule has 1 aliphatic rings. The van der Waals surface area contributed by atoms with Crippen LogP contribution in [0.2, 0.25) is 5.02 Å². The van der Waals surface area contributed by atoms with E-state index in [1.807, 2.05) is 12.1 Å². The van der Waals surface area contributed by atoms with Crippen molar-refractivity contribution in [3.05, 3.63) is 70.2 Å². The maximum atomic E-state index is 6.53. The van der Waals surface area contributed by atoms with Crippen molar-refractivity contribution in [2.45, 2.75) is 44.6 Å². The Labute approximate surface area is 157 Å². The molecule has 1 aliphatic carbocycles. The number of halogens is 1. The van der Waals surface area contributed by atoms with Gasteiger partial charge < -0.3 is 0 Å². The number of benzene rings is 2. The molecule has 0 aliphatic heterocycles. The van der Waals surface area contributed by atoms with E-state index in [4.69, 9.17) is 11.6 Å². The average Bonchev–Trinajstić information content (AvgIpc) is 2.63. The molecule has 0 spiro atoms. The molecule has 1 fully saturated rings. The standard InChI is InChI=1S/C23H26ClN/c1-25(18-20-9-4-2-5-10-20)16-8-11-19-14-15-22(23(24)17-19)21-12-6-3-7-13-21/h2,4-5,9-10,14-15,17,21H,3,6-7,12-13,16,18H2,1H3. The molecular formula is C23H26ClN. The van der Waals surface area contributed by atoms with Gasteiger partial charge in [0, 0.05) is 17.1 Å². The fourth-order valence-electron chi connectivity index (χ4n) is 3.58. The van der Waals surface area contributed by atoms with E-state index in [1.54, 1.807) is 0 Å². The van der Waals surface area contributed by atoms with Gasteiger partial charge in [-0.25, -0.2) is 0 Å². The second kappa shape index (κ2) is 9.09. The summed E-state index contributed by atoms with van der Waals surface area (Å²) in [5, 5.41) is 0.886. The third kappa shape index (κ3) is 5.36. The first-order valence-corrected chi connectivity index (χ1v) is 9.61. The Bertz CT molecular complexity index is 736. The molecule has 0 aromatic heterocycles. The van der Waals surface area contributed by atoms with E-state index >= 15 is 0 Å². The molecule has 3 rings (SSSR count). The van der Waals surface area contributed by atoms with Crippen molar-refractivity contribution in [3.63, 3.8) is 0 Å². The second-order valence-electron chi connectivity index (χ2n) is 7.03. The van der Waals surface area contributed by atoms with Crippen molar-refractivity contribution in [3.8, 4) is 11.8 Å². The smallest absolute Gasteiger partial charge is 0.0605 e. The van der Waals surface area contributed by atoms with Gasteiger partial charge in [0.25, 0.3) is 0 Å². The van der Waals surface area contributed by atoms with Crippen LogP contribution in [0, 0.1) is 11.8 Å². The van der Waals surface area contributed by atoms with E-state index in [9.17, 15) is 0 Å². The van der Waals surface area contributed by atoms with E-state index in [0.29, 0.717) is 5.92 Å². The predicted octanol–water partition coefficient (Wildman–Crippen LogP) is 5.87. The largest absolute Gasteiger partial charge is 0.291 e. The monoisotopic (exact) mass is 351 g/mol. The molecule has 0 saturated heterocycles. The lowest BCUT2D eigenvalue weighted by molar-refractivity contribution is 0.369. The maximum Gasteiger partial charge on any atom is 0.0605 e. The predicted molar refractivity (Wildman–Crippen MR) is 107 cm³/mol. The van der Waals surface area contributed by atoms with Gasteiger partial charge in [0.1, 0.15) is 0 Å². The van der Waals surface area contributed by atoms with Crippen molar-refractivity contribution in [1.82, 2.24) is 4.90 Å². The lowest BCUT2D eigenvalue weighted by Crippen LogP contribution is -2.17.